The minimum atomic E-state index is -0.594. The first-order chi connectivity index (χ1) is 11.7. The fraction of sp³-hybridized carbons (Fsp3) is 0.118. The van der Waals surface area contributed by atoms with Gasteiger partial charge in [0, 0.05) is 12.2 Å². The second kappa shape index (κ2) is 6.82. The van der Waals surface area contributed by atoms with Crippen LogP contribution in [0, 0.1) is 0 Å². The van der Waals surface area contributed by atoms with Gasteiger partial charge in [-0.05, 0) is 24.3 Å². The highest BCUT2D eigenvalue weighted by atomic mass is 16.5. The van der Waals surface area contributed by atoms with Gasteiger partial charge in [-0.25, -0.2) is 14.6 Å². The summed E-state index contributed by atoms with van der Waals surface area (Å²) in [5.41, 5.74) is 1.34. The van der Waals surface area contributed by atoms with E-state index < -0.39 is 11.9 Å². The summed E-state index contributed by atoms with van der Waals surface area (Å²) in [6.07, 6.45) is 2.62. The van der Waals surface area contributed by atoms with Crippen LogP contribution in [0.3, 0.4) is 0 Å². The van der Waals surface area contributed by atoms with Crippen LogP contribution in [0.1, 0.15) is 22.2 Å². The lowest BCUT2D eigenvalue weighted by molar-refractivity contribution is -0.139. The SMILES string of the molecule is COC(=O)c1ccc(COC(=O)/C=C/c2nc3ccccc3o2)o1. The molecule has 2 heterocycles. The summed E-state index contributed by atoms with van der Waals surface area (Å²) >= 11 is 0. The zero-order valence-electron chi connectivity index (χ0n) is 12.7. The zero-order valence-corrected chi connectivity index (χ0v) is 12.7. The zero-order chi connectivity index (χ0) is 16.9. The van der Waals surface area contributed by atoms with E-state index in [9.17, 15) is 9.59 Å². The highest BCUT2D eigenvalue weighted by Gasteiger charge is 2.12. The minimum Gasteiger partial charge on any atom is -0.463 e. The molecular weight excluding hydrogens is 314 g/mol. The van der Waals surface area contributed by atoms with Crippen molar-refractivity contribution in [2.75, 3.05) is 7.11 Å². The molecule has 0 aliphatic rings. The Morgan fingerprint density at radius 2 is 2.00 bits per heavy atom. The van der Waals surface area contributed by atoms with Gasteiger partial charge < -0.3 is 18.3 Å². The molecule has 0 saturated heterocycles. The highest BCUT2D eigenvalue weighted by Crippen LogP contribution is 2.15. The topological polar surface area (TPSA) is 91.8 Å². The third-order valence-corrected chi connectivity index (χ3v) is 3.08. The van der Waals surface area contributed by atoms with Gasteiger partial charge in [0.05, 0.1) is 7.11 Å². The molecule has 3 rings (SSSR count). The summed E-state index contributed by atoms with van der Waals surface area (Å²) in [5.74, 6) is -0.500. The number of fused-ring (bicyclic) bond motifs is 1. The Kier molecular flexibility index (Phi) is 4.42. The van der Waals surface area contributed by atoms with Crippen molar-refractivity contribution in [1.82, 2.24) is 4.98 Å². The van der Waals surface area contributed by atoms with Gasteiger partial charge in [0.1, 0.15) is 17.9 Å². The number of benzene rings is 1. The van der Waals surface area contributed by atoms with Crippen LogP contribution in [0.25, 0.3) is 17.2 Å². The van der Waals surface area contributed by atoms with E-state index >= 15 is 0 Å². The summed E-state index contributed by atoms with van der Waals surface area (Å²) < 4.78 is 20.2. The Bertz CT molecular complexity index is 872. The molecule has 1 aromatic carbocycles. The summed E-state index contributed by atoms with van der Waals surface area (Å²) in [7, 11) is 1.25. The molecule has 7 heteroatoms. The lowest BCUT2D eigenvalue weighted by Crippen LogP contribution is -2.01. The van der Waals surface area contributed by atoms with Crippen molar-refractivity contribution in [3.05, 3.63) is 59.9 Å². The van der Waals surface area contributed by atoms with Gasteiger partial charge in [0.25, 0.3) is 0 Å². The Morgan fingerprint density at radius 1 is 1.17 bits per heavy atom. The second-order valence-corrected chi connectivity index (χ2v) is 4.72. The summed E-state index contributed by atoms with van der Waals surface area (Å²) in [5, 5.41) is 0. The molecule has 0 bridgehead atoms. The molecule has 0 radical (unpaired) electrons. The average molecular weight is 327 g/mol. The van der Waals surface area contributed by atoms with Crippen LogP contribution in [-0.2, 0) is 20.9 Å². The van der Waals surface area contributed by atoms with Crippen molar-refractivity contribution in [1.29, 1.82) is 0 Å². The van der Waals surface area contributed by atoms with Crippen molar-refractivity contribution in [3.8, 4) is 0 Å². The van der Waals surface area contributed by atoms with E-state index in [4.69, 9.17) is 13.6 Å². The van der Waals surface area contributed by atoms with Crippen LogP contribution in [0.2, 0.25) is 0 Å². The molecular formula is C17H13NO6. The number of nitrogens with zero attached hydrogens (tertiary/aromatic N) is 1. The number of furan rings is 1. The van der Waals surface area contributed by atoms with Crippen molar-refractivity contribution >= 4 is 29.1 Å². The maximum Gasteiger partial charge on any atom is 0.373 e. The van der Waals surface area contributed by atoms with Crippen LogP contribution < -0.4 is 0 Å². The third kappa shape index (κ3) is 3.52. The third-order valence-electron chi connectivity index (χ3n) is 3.08. The number of esters is 2. The first kappa shape index (κ1) is 15.5. The van der Waals surface area contributed by atoms with Crippen LogP contribution >= 0.6 is 0 Å². The van der Waals surface area contributed by atoms with Gasteiger partial charge in [0.2, 0.25) is 11.7 Å². The number of carbonyl (C=O) groups excluding carboxylic acids is 2. The Balaban J connectivity index is 1.57. The second-order valence-electron chi connectivity index (χ2n) is 4.72. The van der Waals surface area contributed by atoms with Crippen molar-refractivity contribution in [3.63, 3.8) is 0 Å². The maximum atomic E-state index is 11.7. The number of para-hydroxylation sites is 2. The number of hydrogen-bond acceptors (Lipinski definition) is 7. The molecule has 3 aromatic rings. The molecule has 2 aromatic heterocycles. The van der Waals surface area contributed by atoms with Crippen molar-refractivity contribution < 1.29 is 27.9 Å². The van der Waals surface area contributed by atoms with Crippen LogP contribution in [-0.4, -0.2) is 24.0 Å². The molecule has 0 amide bonds. The summed E-state index contributed by atoms with van der Waals surface area (Å²) in [4.78, 5) is 27.1. The number of oxazole rings is 1. The molecule has 0 aliphatic carbocycles. The number of carbonyl (C=O) groups is 2. The molecule has 7 nitrogen and oxygen atoms in total. The monoisotopic (exact) mass is 327 g/mol. The Hall–Kier alpha value is -3.35. The van der Waals surface area contributed by atoms with Gasteiger partial charge in [-0.3, -0.25) is 0 Å². The predicted molar refractivity (Wildman–Crippen MR) is 82.9 cm³/mol. The smallest absolute Gasteiger partial charge is 0.373 e. The van der Waals surface area contributed by atoms with Gasteiger partial charge in [0.15, 0.2) is 5.58 Å². The molecule has 0 unspecified atom stereocenters. The normalized spacial score (nSPS) is 11.0. The van der Waals surface area contributed by atoms with E-state index in [1.807, 2.05) is 18.2 Å². The minimum absolute atomic E-state index is 0.0468. The molecule has 24 heavy (non-hydrogen) atoms. The van der Waals surface area contributed by atoms with E-state index in [1.54, 1.807) is 6.07 Å². The van der Waals surface area contributed by atoms with Crippen LogP contribution in [0.5, 0.6) is 0 Å². The molecule has 0 atom stereocenters. The number of ether oxygens (including phenoxy) is 2. The summed E-state index contributed by atoms with van der Waals surface area (Å²) in [6.45, 7) is -0.103. The first-order valence-electron chi connectivity index (χ1n) is 7.03. The van der Waals surface area contributed by atoms with E-state index in [1.165, 1.54) is 31.4 Å². The molecule has 0 fully saturated rings. The summed E-state index contributed by atoms with van der Waals surface area (Å²) in [6, 6.07) is 10.3. The number of rotatable bonds is 5. The van der Waals surface area contributed by atoms with Gasteiger partial charge in [-0.2, -0.15) is 0 Å². The fourth-order valence-electron chi connectivity index (χ4n) is 1.96. The van der Waals surface area contributed by atoms with Crippen LogP contribution in [0.15, 0.2) is 51.3 Å². The largest absolute Gasteiger partial charge is 0.463 e. The maximum absolute atomic E-state index is 11.7. The molecule has 122 valence electrons. The average Bonchev–Trinajstić information content (AvgIpc) is 3.23. The predicted octanol–water partition coefficient (Wildman–Crippen LogP) is 2.96. The van der Waals surface area contributed by atoms with Crippen molar-refractivity contribution in [2.45, 2.75) is 6.61 Å². The molecule has 0 N–H and O–H groups in total. The van der Waals surface area contributed by atoms with Crippen molar-refractivity contribution in [2.24, 2.45) is 0 Å². The van der Waals surface area contributed by atoms with E-state index in [0.29, 0.717) is 22.8 Å². The highest BCUT2D eigenvalue weighted by molar-refractivity contribution is 5.87. The van der Waals surface area contributed by atoms with E-state index in [2.05, 4.69) is 9.72 Å². The lowest BCUT2D eigenvalue weighted by atomic mass is 10.3. The number of hydrogen-bond donors (Lipinski definition) is 0. The van der Waals surface area contributed by atoms with E-state index in [0.717, 1.165) is 0 Å². The Labute approximate surface area is 136 Å². The molecule has 0 saturated carbocycles. The van der Waals surface area contributed by atoms with Gasteiger partial charge in [-0.1, -0.05) is 12.1 Å². The number of aromatic nitrogens is 1. The standard InChI is InChI=1S/C17H13NO6/c1-21-17(20)14-7-6-11(23-14)10-22-16(19)9-8-15-18-12-4-2-3-5-13(12)24-15/h2-9H,10H2,1H3/b9-8+. The fourth-order valence-corrected chi connectivity index (χ4v) is 1.96. The first-order valence-corrected chi connectivity index (χ1v) is 7.03. The van der Waals surface area contributed by atoms with Crippen LogP contribution in [0.4, 0.5) is 0 Å². The quantitative estimate of drug-likeness (QED) is 0.525. The lowest BCUT2D eigenvalue weighted by Gasteiger charge is -1.98. The Morgan fingerprint density at radius 3 is 2.79 bits per heavy atom. The van der Waals surface area contributed by atoms with E-state index in [-0.39, 0.29) is 12.4 Å². The molecule has 0 aliphatic heterocycles. The molecule has 0 spiro atoms. The number of methoxy groups -OCH3 is 1. The van der Waals surface area contributed by atoms with Gasteiger partial charge in [-0.15, -0.1) is 0 Å². The van der Waals surface area contributed by atoms with Gasteiger partial charge >= 0.3 is 11.9 Å².